The molecule has 2 N–H and O–H groups in total. The molecule has 2 heterocycles. The molecule has 1 saturated heterocycles. The Bertz CT molecular complexity index is 388. The van der Waals surface area contributed by atoms with Gasteiger partial charge in [-0.2, -0.15) is 5.10 Å². The average molecular weight is 315 g/mol. The van der Waals surface area contributed by atoms with Crippen molar-refractivity contribution in [3.05, 3.63) is 16.4 Å². The third-order valence-corrected chi connectivity index (χ3v) is 4.78. The molecule has 1 aliphatic heterocycles. The zero-order valence-electron chi connectivity index (χ0n) is 11.5. The molecule has 0 radical (unpaired) electrons. The summed E-state index contributed by atoms with van der Waals surface area (Å²) in [6.07, 6.45) is 5.73. The summed E-state index contributed by atoms with van der Waals surface area (Å²) < 4.78 is 2.88. The lowest BCUT2D eigenvalue weighted by molar-refractivity contribution is 0.0705. The Morgan fingerprint density at radius 3 is 2.44 bits per heavy atom. The van der Waals surface area contributed by atoms with E-state index in [4.69, 9.17) is 5.73 Å². The molecule has 1 aromatic rings. The van der Waals surface area contributed by atoms with E-state index in [0.29, 0.717) is 0 Å². The smallest absolute Gasteiger partial charge is 0.0708 e. The van der Waals surface area contributed by atoms with Crippen molar-refractivity contribution in [3.63, 3.8) is 0 Å². The lowest BCUT2D eigenvalue weighted by Gasteiger charge is -2.44. The van der Waals surface area contributed by atoms with Gasteiger partial charge in [0.25, 0.3) is 0 Å². The summed E-state index contributed by atoms with van der Waals surface area (Å²) >= 11 is 3.55. The van der Waals surface area contributed by atoms with Crippen LogP contribution < -0.4 is 5.73 Å². The maximum Gasteiger partial charge on any atom is 0.0708 e. The summed E-state index contributed by atoms with van der Waals surface area (Å²) in [5.74, 6) is 0. The normalized spacial score (nSPS) is 20.1. The summed E-state index contributed by atoms with van der Waals surface area (Å²) in [6, 6.07) is -0.0440. The number of rotatable bonds is 3. The monoisotopic (exact) mass is 314 g/mol. The Balaban J connectivity index is 2.23. The van der Waals surface area contributed by atoms with Gasteiger partial charge < -0.3 is 5.73 Å². The van der Waals surface area contributed by atoms with E-state index in [0.717, 1.165) is 23.3 Å². The van der Waals surface area contributed by atoms with Crippen LogP contribution in [0.1, 0.15) is 44.8 Å². The van der Waals surface area contributed by atoms with E-state index in [1.165, 1.54) is 19.3 Å². The highest BCUT2D eigenvalue weighted by Gasteiger charge is 2.37. The van der Waals surface area contributed by atoms with E-state index in [1.807, 2.05) is 17.9 Å². The Hall–Kier alpha value is -0.390. The highest BCUT2D eigenvalue weighted by molar-refractivity contribution is 9.10. The van der Waals surface area contributed by atoms with Gasteiger partial charge >= 0.3 is 0 Å². The number of halogens is 1. The molecule has 1 aliphatic rings. The topological polar surface area (TPSA) is 47.1 Å². The molecular weight excluding hydrogens is 292 g/mol. The van der Waals surface area contributed by atoms with Crippen molar-refractivity contribution in [1.29, 1.82) is 0 Å². The van der Waals surface area contributed by atoms with Gasteiger partial charge in [0.15, 0.2) is 0 Å². The molecule has 5 heteroatoms. The fourth-order valence-corrected chi connectivity index (χ4v) is 3.37. The Kier molecular flexibility index (Phi) is 4.14. The lowest BCUT2D eigenvalue weighted by Crippen LogP contribution is -2.53. The Morgan fingerprint density at radius 1 is 1.33 bits per heavy atom. The zero-order chi connectivity index (χ0) is 13.3. The van der Waals surface area contributed by atoms with Crippen LogP contribution in [-0.4, -0.2) is 33.3 Å². The first-order chi connectivity index (χ1) is 8.44. The van der Waals surface area contributed by atoms with Crippen molar-refractivity contribution in [2.45, 2.75) is 44.7 Å². The van der Waals surface area contributed by atoms with Crippen molar-refractivity contribution in [3.8, 4) is 0 Å². The number of aromatic nitrogens is 2. The third kappa shape index (κ3) is 2.49. The van der Waals surface area contributed by atoms with Gasteiger partial charge in [-0.05, 0) is 55.7 Å². The van der Waals surface area contributed by atoms with Crippen molar-refractivity contribution in [2.75, 3.05) is 13.1 Å². The number of likely N-dealkylation sites (tertiary alicyclic amines) is 1. The van der Waals surface area contributed by atoms with E-state index < -0.39 is 0 Å². The molecule has 1 fully saturated rings. The van der Waals surface area contributed by atoms with Gasteiger partial charge in [0.1, 0.15) is 0 Å². The van der Waals surface area contributed by atoms with Crippen molar-refractivity contribution in [2.24, 2.45) is 12.8 Å². The highest BCUT2D eigenvalue weighted by Crippen LogP contribution is 2.34. The number of aryl methyl sites for hydroxylation is 1. The molecule has 0 aliphatic carbocycles. The Morgan fingerprint density at radius 2 is 1.94 bits per heavy atom. The average Bonchev–Trinajstić information content (AvgIpc) is 2.69. The molecule has 1 atom stereocenters. The van der Waals surface area contributed by atoms with Crippen molar-refractivity contribution < 1.29 is 0 Å². The van der Waals surface area contributed by atoms with Gasteiger partial charge in [0, 0.05) is 12.6 Å². The van der Waals surface area contributed by atoms with Crippen LogP contribution in [0.5, 0.6) is 0 Å². The molecule has 0 saturated carbocycles. The summed E-state index contributed by atoms with van der Waals surface area (Å²) in [4.78, 5) is 2.51. The van der Waals surface area contributed by atoms with Crippen LogP contribution in [0.3, 0.4) is 0 Å². The minimum Gasteiger partial charge on any atom is -0.321 e. The van der Waals surface area contributed by atoms with Crippen LogP contribution in [-0.2, 0) is 7.05 Å². The number of piperidine rings is 1. The first kappa shape index (κ1) is 14.0. The molecule has 0 amide bonds. The largest absolute Gasteiger partial charge is 0.321 e. The molecule has 18 heavy (non-hydrogen) atoms. The second-order valence-electron chi connectivity index (χ2n) is 5.68. The highest BCUT2D eigenvalue weighted by atomic mass is 79.9. The summed E-state index contributed by atoms with van der Waals surface area (Å²) in [5.41, 5.74) is 7.55. The maximum absolute atomic E-state index is 6.52. The predicted octanol–water partition coefficient (Wildman–Crippen LogP) is 2.45. The molecule has 1 aromatic heterocycles. The summed E-state index contributed by atoms with van der Waals surface area (Å²) in [7, 11) is 1.95. The maximum atomic E-state index is 6.52. The van der Waals surface area contributed by atoms with Crippen LogP contribution in [0.15, 0.2) is 10.7 Å². The number of nitrogens with zero attached hydrogens (tertiary/aromatic N) is 3. The van der Waals surface area contributed by atoms with Gasteiger partial charge in [-0.15, -0.1) is 0 Å². The van der Waals surface area contributed by atoms with E-state index in [1.54, 1.807) is 0 Å². The molecule has 102 valence electrons. The molecule has 4 nitrogen and oxygen atoms in total. The molecule has 2 rings (SSSR count). The molecule has 0 bridgehead atoms. The van der Waals surface area contributed by atoms with Gasteiger partial charge in [-0.25, -0.2) is 0 Å². The first-order valence-corrected chi connectivity index (χ1v) is 7.42. The van der Waals surface area contributed by atoms with Crippen molar-refractivity contribution in [1.82, 2.24) is 14.7 Å². The summed E-state index contributed by atoms with van der Waals surface area (Å²) in [6.45, 7) is 6.77. The van der Waals surface area contributed by atoms with E-state index in [2.05, 4.69) is 39.8 Å². The number of hydrogen-bond acceptors (Lipinski definition) is 3. The zero-order valence-corrected chi connectivity index (χ0v) is 13.1. The lowest BCUT2D eigenvalue weighted by atomic mass is 9.88. The molecular formula is C13H23BrN4. The second-order valence-corrected chi connectivity index (χ2v) is 6.53. The van der Waals surface area contributed by atoms with Crippen molar-refractivity contribution >= 4 is 15.9 Å². The van der Waals surface area contributed by atoms with Crippen LogP contribution >= 0.6 is 15.9 Å². The van der Waals surface area contributed by atoms with E-state index in [-0.39, 0.29) is 11.6 Å². The third-order valence-electron chi connectivity index (χ3n) is 4.16. The van der Waals surface area contributed by atoms with Crippen LogP contribution in [0.2, 0.25) is 0 Å². The molecule has 0 spiro atoms. The minimum absolute atomic E-state index is 0.0440. The van der Waals surface area contributed by atoms with Gasteiger partial charge in [-0.3, -0.25) is 9.58 Å². The van der Waals surface area contributed by atoms with Crippen LogP contribution in [0, 0.1) is 0 Å². The van der Waals surface area contributed by atoms with E-state index in [9.17, 15) is 0 Å². The quantitative estimate of drug-likeness (QED) is 0.932. The standard InChI is InChI=1S/C13H23BrN4/c1-13(2,18-7-5-4-6-8-18)12(15)11-10(14)9-16-17(11)3/h9,12H,4-8,15H2,1-3H3. The first-order valence-electron chi connectivity index (χ1n) is 6.62. The second kappa shape index (κ2) is 5.31. The minimum atomic E-state index is -0.0449. The van der Waals surface area contributed by atoms with Gasteiger partial charge in [-0.1, -0.05) is 6.42 Å². The fraction of sp³-hybridized carbons (Fsp3) is 0.769. The van der Waals surface area contributed by atoms with E-state index >= 15 is 0 Å². The predicted molar refractivity (Wildman–Crippen MR) is 77.3 cm³/mol. The fourth-order valence-electron chi connectivity index (χ4n) is 2.77. The Labute approximate surface area is 118 Å². The van der Waals surface area contributed by atoms with Crippen LogP contribution in [0.4, 0.5) is 0 Å². The number of hydrogen-bond donors (Lipinski definition) is 1. The van der Waals surface area contributed by atoms with Gasteiger partial charge in [0.2, 0.25) is 0 Å². The van der Waals surface area contributed by atoms with Crippen LogP contribution in [0.25, 0.3) is 0 Å². The molecule has 0 aromatic carbocycles. The number of nitrogens with two attached hydrogens (primary N) is 1. The summed E-state index contributed by atoms with van der Waals surface area (Å²) in [5, 5.41) is 4.27. The molecule has 1 unspecified atom stereocenters. The SMILES string of the molecule is Cn1ncc(Br)c1C(N)C(C)(C)N1CCCCC1. The van der Waals surface area contributed by atoms with Gasteiger partial charge in [0.05, 0.1) is 22.4 Å².